The molecule has 0 saturated heterocycles. The summed E-state index contributed by atoms with van der Waals surface area (Å²) in [4.78, 5) is 19.0. The molecule has 0 bridgehead atoms. The molecule has 3 rings (SSSR count). The van der Waals surface area contributed by atoms with Crippen molar-refractivity contribution in [1.82, 2.24) is 10.2 Å². The van der Waals surface area contributed by atoms with E-state index in [1.807, 2.05) is 44.4 Å². The highest BCUT2D eigenvalue weighted by molar-refractivity contribution is 6.33. The molecule has 1 heterocycles. The number of halogens is 1. The number of aliphatic imine (C=N–C) groups is 1. The number of amides is 1. The first kappa shape index (κ1) is 20.8. The molecule has 0 fully saturated rings. The van der Waals surface area contributed by atoms with Crippen LogP contribution in [0.1, 0.15) is 22.3 Å². The molecule has 1 aliphatic heterocycles. The molecule has 2 aromatic carbocycles. The molecule has 5 nitrogen and oxygen atoms in total. The second-order valence-electron chi connectivity index (χ2n) is 6.98. The Morgan fingerprint density at radius 2 is 1.93 bits per heavy atom. The van der Waals surface area contributed by atoms with Crippen LogP contribution in [0.4, 0.5) is 0 Å². The summed E-state index contributed by atoms with van der Waals surface area (Å²) in [7, 11) is 5.63. The van der Waals surface area contributed by atoms with E-state index in [1.54, 1.807) is 25.5 Å². The summed E-state index contributed by atoms with van der Waals surface area (Å²) in [6, 6.07) is 13.5. The number of carbonyl (C=O) groups is 1. The zero-order valence-corrected chi connectivity index (χ0v) is 17.5. The van der Waals surface area contributed by atoms with Gasteiger partial charge in [0.25, 0.3) is 5.91 Å². The number of benzene rings is 2. The second-order valence-corrected chi connectivity index (χ2v) is 7.39. The van der Waals surface area contributed by atoms with Crippen molar-refractivity contribution < 1.29 is 9.53 Å². The molecule has 0 aliphatic carbocycles. The zero-order valence-electron chi connectivity index (χ0n) is 16.8. The van der Waals surface area contributed by atoms with Crippen LogP contribution >= 0.6 is 11.6 Å². The molecule has 2 aromatic rings. The van der Waals surface area contributed by atoms with Crippen LogP contribution in [-0.4, -0.2) is 38.2 Å². The maximum Gasteiger partial charge on any atom is 0.255 e. The molecule has 0 unspecified atom stereocenters. The van der Waals surface area contributed by atoms with Gasteiger partial charge in [0.05, 0.1) is 19.0 Å². The summed E-state index contributed by atoms with van der Waals surface area (Å²) < 4.78 is 5.12. The van der Waals surface area contributed by atoms with Gasteiger partial charge in [-0.3, -0.25) is 4.79 Å². The molecule has 0 spiro atoms. The Labute approximate surface area is 176 Å². The molecule has 0 aromatic heterocycles. The van der Waals surface area contributed by atoms with Crippen molar-refractivity contribution in [2.75, 3.05) is 21.2 Å². The third-order valence-electron chi connectivity index (χ3n) is 4.42. The summed E-state index contributed by atoms with van der Waals surface area (Å²) in [6.45, 7) is 0.868. The van der Waals surface area contributed by atoms with E-state index in [9.17, 15) is 4.79 Å². The number of nitrogens with one attached hydrogen (secondary N) is 1. The van der Waals surface area contributed by atoms with Crippen LogP contribution in [0.2, 0.25) is 5.02 Å². The minimum absolute atomic E-state index is 0.217. The van der Waals surface area contributed by atoms with Gasteiger partial charge in [0.2, 0.25) is 5.88 Å². The fraction of sp³-hybridized carbons (Fsp3) is 0.217. The van der Waals surface area contributed by atoms with Crippen molar-refractivity contribution in [3.8, 4) is 11.1 Å². The average Bonchev–Trinajstić information content (AvgIpc) is 2.93. The van der Waals surface area contributed by atoms with Gasteiger partial charge in [-0.25, -0.2) is 4.99 Å². The lowest BCUT2D eigenvalue weighted by molar-refractivity contribution is 0.0968. The Morgan fingerprint density at radius 1 is 1.17 bits per heavy atom. The minimum atomic E-state index is -0.217. The van der Waals surface area contributed by atoms with Gasteiger partial charge in [0.1, 0.15) is 0 Å². The number of nitrogens with zero attached hydrogens (tertiary/aromatic N) is 2. The van der Waals surface area contributed by atoms with E-state index in [4.69, 9.17) is 16.3 Å². The summed E-state index contributed by atoms with van der Waals surface area (Å²) in [5.41, 5.74) is 4.16. The van der Waals surface area contributed by atoms with Crippen LogP contribution in [-0.2, 0) is 11.3 Å². The van der Waals surface area contributed by atoms with Gasteiger partial charge < -0.3 is 15.0 Å². The first-order chi connectivity index (χ1) is 14.0. The number of rotatable bonds is 6. The topological polar surface area (TPSA) is 53.9 Å². The highest BCUT2D eigenvalue weighted by atomic mass is 35.5. The molecule has 0 atom stereocenters. The van der Waals surface area contributed by atoms with Crippen LogP contribution in [0, 0.1) is 0 Å². The van der Waals surface area contributed by atoms with Crippen LogP contribution in [0.25, 0.3) is 11.1 Å². The first-order valence-corrected chi connectivity index (χ1v) is 9.67. The number of allylic oxidation sites excluding steroid dienone is 3. The molecule has 0 radical (unpaired) electrons. The highest BCUT2D eigenvalue weighted by Crippen LogP contribution is 2.29. The average molecular weight is 410 g/mol. The molecule has 29 heavy (non-hydrogen) atoms. The van der Waals surface area contributed by atoms with Gasteiger partial charge in [-0.05, 0) is 55.9 Å². The standard InChI is InChI=1S/C23H24ClN3O2/c1-27(2)15-16-7-9-17(10-8-16)20-13-18(11-12-21(20)24)23(28)26-19-5-4-6-22(29-3)25-14-19/h5-14H,4,15H2,1-3H3,(H,26,28). The molecule has 1 N–H and O–H groups in total. The summed E-state index contributed by atoms with van der Waals surface area (Å²) in [5, 5.41) is 3.49. The Bertz CT molecular complexity index is 976. The predicted octanol–water partition coefficient (Wildman–Crippen LogP) is 4.64. The van der Waals surface area contributed by atoms with Gasteiger partial charge in [0.15, 0.2) is 0 Å². The lowest BCUT2D eigenvalue weighted by Crippen LogP contribution is -2.23. The molecule has 0 saturated carbocycles. The molecule has 1 amide bonds. The Kier molecular flexibility index (Phi) is 6.86. The number of methoxy groups -OCH3 is 1. The van der Waals surface area contributed by atoms with Crippen molar-refractivity contribution in [3.63, 3.8) is 0 Å². The van der Waals surface area contributed by atoms with E-state index in [1.165, 1.54) is 5.56 Å². The quantitative estimate of drug-likeness (QED) is 0.755. The third kappa shape index (κ3) is 5.56. The maximum absolute atomic E-state index is 12.7. The van der Waals surface area contributed by atoms with E-state index in [0.717, 1.165) is 17.7 Å². The van der Waals surface area contributed by atoms with E-state index in [0.29, 0.717) is 28.6 Å². The van der Waals surface area contributed by atoms with Gasteiger partial charge >= 0.3 is 0 Å². The number of carbonyl (C=O) groups excluding carboxylic acids is 1. The van der Waals surface area contributed by atoms with Gasteiger partial charge in [-0.1, -0.05) is 41.9 Å². The van der Waals surface area contributed by atoms with Gasteiger partial charge in [-0.15, -0.1) is 0 Å². The largest absolute Gasteiger partial charge is 0.481 e. The maximum atomic E-state index is 12.7. The lowest BCUT2D eigenvalue weighted by Gasteiger charge is -2.12. The molecule has 6 heteroatoms. The van der Waals surface area contributed by atoms with Crippen molar-refractivity contribution in [3.05, 3.63) is 82.3 Å². The van der Waals surface area contributed by atoms with Crippen LogP contribution in [0.3, 0.4) is 0 Å². The normalized spacial score (nSPS) is 13.6. The second kappa shape index (κ2) is 9.54. The summed E-state index contributed by atoms with van der Waals surface area (Å²) in [6.07, 6.45) is 5.94. The number of ether oxygens (including phenoxy) is 1. The van der Waals surface area contributed by atoms with E-state index >= 15 is 0 Å². The summed E-state index contributed by atoms with van der Waals surface area (Å²) >= 11 is 6.41. The van der Waals surface area contributed by atoms with Crippen LogP contribution < -0.4 is 5.32 Å². The van der Waals surface area contributed by atoms with Crippen molar-refractivity contribution in [2.45, 2.75) is 13.0 Å². The van der Waals surface area contributed by atoms with Crippen molar-refractivity contribution in [2.24, 2.45) is 4.99 Å². The fourth-order valence-electron chi connectivity index (χ4n) is 2.99. The Balaban J connectivity index is 1.78. The van der Waals surface area contributed by atoms with Gasteiger partial charge in [-0.2, -0.15) is 0 Å². The van der Waals surface area contributed by atoms with E-state index in [-0.39, 0.29) is 5.91 Å². The SMILES string of the molecule is COC1=CCC=C(NC(=O)c2ccc(Cl)c(-c3ccc(CN(C)C)cc3)c2)C=N1. The van der Waals surface area contributed by atoms with Crippen molar-refractivity contribution in [1.29, 1.82) is 0 Å². The zero-order chi connectivity index (χ0) is 20.8. The lowest BCUT2D eigenvalue weighted by atomic mass is 10.0. The van der Waals surface area contributed by atoms with Crippen LogP contribution in [0.5, 0.6) is 0 Å². The Morgan fingerprint density at radius 3 is 2.62 bits per heavy atom. The number of hydrogen-bond donors (Lipinski definition) is 1. The van der Waals surface area contributed by atoms with Crippen molar-refractivity contribution >= 4 is 23.7 Å². The third-order valence-corrected chi connectivity index (χ3v) is 4.75. The molecular formula is C23H24ClN3O2. The summed E-state index contributed by atoms with van der Waals surface area (Å²) in [5.74, 6) is 0.308. The fourth-order valence-corrected chi connectivity index (χ4v) is 3.22. The molecular weight excluding hydrogens is 386 g/mol. The number of hydrogen-bond acceptors (Lipinski definition) is 4. The van der Waals surface area contributed by atoms with Gasteiger partial charge in [0, 0.05) is 22.7 Å². The Hall–Kier alpha value is -2.89. The van der Waals surface area contributed by atoms with E-state index < -0.39 is 0 Å². The monoisotopic (exact) mass is 409 g/mol. The predicted molar refractivity (Wildman–Crippen MR) is 118 cm³/mol. The van der Waals surface area contributed by atoms with E-state index in [2.05, 4.69) is 27.3 Å². The van der Waals surface area contributed by atoms with Crippen LogP contribution in [0.15, 0.2) is 71.2 Å². The first-order valence-electron chi connectivity index (χ1n) is 9.29. The molecule has 1 aliphatic rings. The highest BCUT2D eigenvalue weighted by Gasteiger charge is 2.12. The smallest absolute Gasteiger partial charge is 0.255 e. The minimum Gasteiger partial charge on any atom is -0.481 e. The molecule has 150 valence electrons.